The number of methoxy groups -OCH3 is 1. The predicted octanol–water partition coefficient (Wildman–Crippen LogP) is 3.62. The monoisotopic (exact) mass is 257 g/mol. The van der Waals surface area contributed by atoms with Crippen molar-refractivity contribution < 1.29 is 9.53 Å². The highest BCUT2D eigenvalue weighted by atomic mass is 16.5. The summed E-state index contributed by atoms with van der Waals surface area (Å²) in [5, 5.41) is 0. The molecule has 0 aliphatic rings. The van der Waals surface area contributed by atoms with Crippen LogP contribution >= 0.6 is 0 Å². The third kappa shape index (κ3) is 9.46. The van der Waals surface area contributed by atoms with E-state index in [-0.39, 0.29) is 0 Å². The number of nitrogens with zero attached hydrogens (tertiary/aromatic N) is 1. The molecule has 0 spiro atoms. The zero-order valence-corrected chi connectivity index (χ0v) is 12.5. The van der Waals surface area contributed by atoms with Crippen molar-refractivity contribution in [3.8, 4) is 0 Å². The van der Waals surface area contributed by atoms with E-state index in [1.165, 1.54) is 25.7 Å². The van der Waals surface area contributed by atoms with Gasteiger partial charge in [-0.25, -0.2) is 0 Å². The summed E-state index contributed by atoms with van der Waals surface area (Å²) in [7, 11) is 1.69. The Labute approximate surface area is 113 Å². The van der Waals surface area contributed by atoms with Crippen LogP contribution in [-0.4, -0.2) is 37.6 Å². The number of unbranched alkanes of at least 4 members (excludes halogenated alkanes) is 4. The molecule has 18 heavy (non-hydrogen) atoms. The number of hydrogen-bond donors (Lipinski definition) is 0. The Balaban J connectivity index is 3.95. The quantitative estimate of drug-likeness (QED) is 0.500. The molecule has 3 heteroatoms. The van der Waals surface area contributed by atoms with Gasteiger partial charge in [-0.2, -0.15) is 0 Å². The molecule has 0 rings (SSSR count). The van der Waals surface area contributed by atoms with Gasteiger partial charge in [-0.1, -0.05) is 39.5 Å². The van der Waals surface area contributed by atoms with Crippen molar-refractivity contribution in [2.45, 2.75) is 65.2 Å². The van der Waals surface area contributed by atoms with Crippen molar-refractivity contribution in [3.05, 3.63) is 0 Å². The van der Waals surface area contributed by atoms with Gasteiger partial charge in [0, 0.05) is 33.2 Å². The highest BCUT2D eigenvalue weighted by Crippen LogP contribution is 2.06. The molecule has 1 amide bonds. The van der Waals surface area contributed by atoms with Gasteiger partial charge in [-0.05, 0) is 19.3 Å². The molecule has 0 aromatic heterocycles. The van der Waals surface area contributed by atoms with Gasteiger partial charge in [-0.15, -0.1) is 0 Å². The van der Waals surface area contributed by atoms with Crippen LogP contribution in [-0.2, 0) is 9.53 Å². The lowest BCUT2D eigenvalue weighted by molar-refractivity contribution is -0.131. The molecule has 0 heterocycles. The summed E-state index contributed by atoms with van der Waals surface area (Å²) >= 11 is 0. The van der Waals surface area contributed by atoms with Crippen LogP contribution in [0.3, 0.4) is 0 Å². The molecule has 0 saturated carbocycles. The Bertz CT molecular complexity index is 185. The van der Waals surface area contributed by atoms with E-state index in [4.69, 9.17) is 4.74 Å². The Morgan fingerprint density at radius 2 is 1.50 bits per heavy atom. The summed E-state index contributed by atoms with van der Waals surface area (Å²) in [5.41, 5.74) is 0. The first-order valence-corrected chi connectivity index (χ1v) is 7.52. The minimum absolute atomic E-state index is 0.305. The van der Waals surface area contributed by atoms with Gasteiger partial charge in [-0.3, -0.25) is 4.79 Å². The summed E-state index contributed by atoms with van der Waals surface area (Å²) in [6.45, 7) is 6.94. The molecule has 0 aliphatic heterocycles. The molecule has 108 valence electrons. The maximum atomic E-state index is 12.1. The molecule has 0 aromatic rings. The Morgan fingerprint density at radius 3 is 1.94 bits per heavy atom. The lowest BCUT2D eigenvalue weighted by Crippen LogP contribution is -2.33. The minimum atomic E-state index is 0.305. The van der Waals surface area contributed by atoms with E-state index in [1.54, 1.807) is 7.11 Å². The number of hydrogen-bond acceptors (Lipinski definition) is 2. The fraction of sp³-hybridized carbons (Fsp3) is 0.933. The summed E-state index contributed by atoms with van der Waals surface area (Å²) in [6.07, 6.45) is 8.60. The van der Waals surface area contributed by atoms with Crippen LogP contribution in [0.15, 0.2) is 0 Å². The Hall–Kier alpha value is -0.570. The third-order valence-electron chi connectivity index (χ3n) is 3.15. The molecule has 0 atom stereocenters. The number of rotatable bonds is 12. The fourth-order valence-corrected chi connectivity index (χ4v) is 1.99. The standard InChI is InChI=1S/C15H31NO2/c1-4-6-8-12-16(13-9-7-5-2)15(17)11-10-14-18-3/h4-14H2,1-3H3. The summed E-state index contributed by atoms with van der Waals surface area (Å²) in [4.78, 5) is 14.1. The van der Waals surface area contributed by atoms with Crippen LogP contribution in [0.25, 0.3) is 0 Å². The van der Waals surface area contributed by atoms with Crippen molar-refractivity contribution in [3.63, 3.8) is 0 Å². The molecule has 3 nitrogen and oxygen atoms in total. The van der Waals surface area contributed by atoms with Crippen LogP contribution in [0.5, 0.6) is 0 Å². The first-order valence-electron chi connectivity index (χ1n) is 7.52. The van der Waals surface area contributed by atoms with Crippen LogP contribution in [0.4, 0.5) is 0 Å². The van der Waals surface area contributed by atoms with Crippen LogP contribution in [0, 0.1) is 0 Å². The smallest absolute Gasteiger partial charge is 0.222 e. The fourth-order valence-electron chi connectivity index (χ4n) is 1.99. The van der Waals surface area contributed by atoms with E-state index >= 15 is 0 Å². The van der Waals surface area contributed by atoms with Crippen LogP contribution in [0.1, 0.15) is 65.2 Å². The van der Waals surface area contributed by atoms with Crippen molar-refractivity contribution in [2.24, 2.45) is 0 Å². The van der Waals surface area contributed by atoms with E-state index < -0.39 is 0 Å². The number of carbonyl (C=O) groups is 1. The third-order valence-corrected chi connectivity index (χ3v) is 3.15. The van der Waals surface area contributed by atoms with Gasteiger partial charge in [0.1, 0.15) is 0 Å². The average molecular weight is 257 g/mol. The zero-order valence-electron chi connectivity index (χ0n) is 12.5. The second kappa shape index (κ2) is 12.9. The molecular formula is C15H31NO2. The van der Waals surface area contributed by atoms with E-state index in [0.29, 0.717) is 18.9 Å². The number of ether oxygens (including phenoxy) is 1. The number of amides is 1. The van der Waals surface area contributed by atoms with Crippen LogP contribution < -0.4 is 0 Å². The van der Waals surface area contributed by atoms with Gasteiger partial charge in [0.2, 0.25) is 5.91 Å². The van der Waals surface area contributed by atoms with Crippen molar-refractivity contribution in [2.75, 3.05) is 26.8 Å². The van der Waals surface area contributed by atoms with Crippen molar-refractivity contribution >= 4 is 5.91 Å². The van der Waals surface area contributed by atoms with Gasteiger partial charge < -0.3 is 9.64 Å². The van der Waals surface area contributed by atoms with E-state index in [2.05, 4.69) is 18.7 Å². The topological polar surface area (TPSA) is 29.5 Å². The molecule has 0 aliphatic carbocycles. The molecule has 0 radical (unpaired) electrons. The second-order valence-corrected chi connectivity index (χ2v) is 4.89. The molecule has 0 N–H and O–H groups in total. The maximum Gasteiger partial charge on any atom is 0.222 e. The van der Waals surface area contributed by atoms with Gasteiger partial charge >= 0.3 is 0 Å². The molecule has 0 aromatic carbocycles. The van der Waals surface area contributed by atoms with Gasteiger partial charge in [0.15, 0.2) is 0 Å². The normalized spacial score (nSPS) is 10.6. The van der Waals surface area contributed by atoms with E-state index in [1.807, 2.05) is 0 Å². The highest BCUT2D eigenvalue weighted by molar-refractivity contribution is 5.76. The maximum absolute atomic E-state index is 12.1. The molecule has 0 unspecified atom stereocenters. The molecular weight excluding hydrogens is 226 g/mol. The summed E-state index contributed by atoms with van der Waals surface area (Å²) in [5.74, 6) is 0.305. The first-order chi connectivity index (χ1) is 8.76. The molecule has 0 saturated heterocycles. The van der Waals surface area contributed by atoms with Crippen LogP contribution in [0.2, 0.25) is 0 Å². The molecule has 0 bridgehead atoms. The van der Waals surface area contributed by atoms with Crippen molar-refractivity contribution in [1.82, 2.24) is 4.90 Å². The zero-order chi connectivity index (χ0) is 13.6. The minimum Gasteiger partial charge on any atom is -0.385 e. The Kier molecular flexibility index (Phi) is 12.5. The lowest BCUT2D eigenvalue weighted by atomic mass is 10.2. The van der Waals surface area contributed by atoms with Crippen molar-refractivity contribution in [1.29, 1.82) is 0 Å². The van der Waals surface area contributed by atoms with E-state index in [9.17, 15) is 4.79 Å². The van der Waals surface area contributed by atoms with E-state index in [0.717, 1.165) is 32.4 Å². The lowest BCUT2D eigenvalue weighted by Gasteiger charge is -2.22. The van der Waals surface area contributed by atoms with Gasteiger partial charge in [0.25, 0.3) is 0 Å². The van der Waals surface area contributed by atoms with Gasteiger partial charge in [0.05, 0.1) is 0 Å². The number of carbonyl (C=O) groups excluding carboxylic acids is 1. The molecule has 0 fully saturated rings. The second-order valence-electron chi connectivity index (χ2n) is 4.89. The largest absolute Gasteiger partial charge is 0.385 e. The first kappa shape index (κ1) is 17.4. The highest BCUT2D eigenvalue weighted by Gasteiger charge is 2.11. The summed E-state index contributed by atoms with van der Waals surface area (Å²) < 4.78 is 5.00. The predicted molar refractivity (Wildman–Crippen MR) is 76.7 cm³/mol. The summed E-state index contributed by atoms with van der Waals surface area (Å²) in [6, 6.07) is 0. The SMILES string of the molecule is CCCCCN(CCCCC)C(=O)CCCOC. The average Bonchev–Trinajstić information content (AvgIpc) is 2.37. The Morgan fingerprint density at radius 1 is 0.944 bits per heavy atom.